The number of rotatable bonds is 22. The number of β-amino-alcohol motifs (C(OH)–C–C–N with tert-alkyl or cyclic N) is 1. The fourth-order valence-electron chi connectivity index (χ4n) is 10.6. The standard InChI is InChI=1S/C60H77N11O7S/c1-8-51(73)64-43-17-16-18-45(32-43)71-53(75)31-39(2)47-36-62-59(67-56(47)71)65-48-25-24-44(33-50(48)78-7)69-29-27-68(28-30-69)26-15-13-11-9-10-12-14-19-52(74)66-55(60(4,5)6)58(77)70-37-46(72)34-49(70)57(76)61-35-41-20-22-42(23-21-41)54-40(3)63-38-79-54/h8,16-18,20-25,31-33,38,46-47,49,55,72H,1,9-15,19,26-30,34-37H2,2-7H3,(H,61,76)(H,62,65)(H,64,73)(H,66,74)/t46-,47?,49+,55-/m1/s1. The third-order valence-corrected chi connectivity index (χ3v) is 16.1. The summed E-state index contributed by atoms with van der Waals surface area (Å²) in [4.78, 5) is 89.3. The van der Waals surface area contributed by atoms with Gasteiger partial charge in [0.05, 0.1) is 53.1 Å². The fraction of sp³-hybridized carbons (Fsp3) is 0.467. The number of nitrogens with one attached hydrogen (secondary N) is 4. The molecule has 5 heterocycles. The summed E-state index contributed by atoms with van der Waals surface area (Å²) in [5, 5.41) is 22.7. The largest absolute Gasteiger partial charge is 0.494 e. The first kappa shape index (κ1) is 57.9. The zero-order valence-electron chi connectivity index (χ0n) is 46.6. The molecule has 0 saturated carbocycles. The Morgan fingerprint density at radius 2 is 1.66 bits per heavy atom. The molecule has 4 aliphatic heterocycles. The number of piperazine rings is 1. The van der Waals surface area contributed by atoms with Gasteiger partial charge in [0.15, 0.2) is 0 Å². The van der Waals surface area contributed by atoms with Crippen LogP contribution in [0.3, 0.4) is 0 Å². The number of thiazole rings is 1. The number of amides is 5. The number of nitrogens with zero attached hydrogens (tertiary/aromatic N) is 7. The van der Waals surface area contributed by atoms with Gasteiger partial charge in [0.1, 0.15) is 23.7 Å². The highest BCUT2D eigenvalue weighted by Crippen LogP contribution is 2.34. The van der Waals surface area contributed by atoms with E-state index in [1.165, 1.54) is 11.0 Å². The van der Waals surface area contributed by atoms with Crippen LogP contribution in [0.2, 0.25) is 0 Å². The van der Waals surface area contributed by atoms with Crippen molar-refractivity contribution in [2.45, 2.75) is 117 Å². The van der Waals surface area contributed by atoms with Gasteiger partial charge in [0.2, 0.25) is 29.6 Å². The van der Waals surface area contributed by atoms with E-state index in [4.69, 9.17) is 14.7 Å². The molecular formula is C60H77N11O7S. The first-order valence-corrected chi connectivity index (χ1v) is 28.5. The molecule has 79 heavy (non-hydrogen) atoms. The molecule has 0 spiro atoms. The molecule has 0 aliphatic carbocycles. The predicted octanol–water partition coefficient (Wildman–Crippen LogP) is 8.09. The maximum atomic E-state index is 14.1. The van der Waals surface area contributed by atoms with Crippen LogP contribution in [-0.4, -0.2) is 132 Å². The van der Waals surface area contributed by atoms with Crippen molar-refractivity contribution in [3.8, 4) is 16.2 Å². The van der Waals surface area contributed by atoms with Crippen LogP contribution < -0.4 is 35.8 Å². The Labute approximate surface area is 468 Å². The molecule has 5 amide bonds. The molecule has 0 bridgehead atoms. The van der Waals surface area contributed by atoms with Crippen LogP contribution in [0.15, 0.2) is 107 Å². The number of benzene rings is 3. The van der Waals surface area contributed by atoms with Crippen LogP contribution in [0.4, 0.5) is 22.7 Å². The van der Waals surface area contributed by atoms with Gasteiger partial charge < -0.3 is 40.9 Å². The molecule has 8 rings (SSSR count). The highest BCUT2D eigenvalue weighted by molar-refractivity contribution is 7.13. The summed E-state index contributed by atoms with van der Waals surface area (Å²) in [5.41, 5.74) is 7.94. The first-order valence-electron chi connectivity index (χ1n) is 27.7. The van der Waals surface area contributed by atoms with Crippen LogP contribution in [0, 0.1) is 18.3 Å². The monoisotopic (exact) mass is 1100 g/mol. The van der Waals surface area contributed by atoms with Crippen LogP contribution in [0.1, 0.15) is 96.7 Å². The molecule has 18 nitrogen and oxygen atoms in total. The highest BCUT2D eigenvalue weighted by Gasteiger charge is 2.44. The van der Waals surface area contributed by atoms with E-state index in [9.17, 15) is 29.1 Å². The van der Waals surface area contributed by atoms with Gasteiger partial charge in [0, 0.05) is 75.6 Å². The number of carbonyl (C=O) groups excluding carboxylic acids is 5. The molecule has 0 radical (unpaired) electrons. The van der Waals surface area contributed by atoms with Crippen molar-refractivity contribution >= 4 is 75.4 Å². The van der Waals surface area contributed by atoms with Gasteiger partial charge >= 0.3 is 0 Å². The minimum Gasteiger partial charge on any atom is -0.494 e. The molecule has 2 fully saturated rings. The van der Waals surface area contributed by atoms with Crippen molar-refractivity contribution in [1.82, 2.24) is 25.4 Å². The van der Waals surface area contributed by atoms with Crippen molar-refractivity contribution in [3.63, 3.8) is 0 Å². The number of aryl methyl sites for hydroxylation is 1. The number of anilines is 4. The van der Waals surface area contributed by atoms with Crippen molar-refractivity contribution in [2.75, 3.05) is 73.4 Å². The van der Waals surface area contributed by atoms with Gasteiger partial charge in [-0.2, -0.15) is 4.99 Å². The molecule has 19 heteroatoms. The van der Waals surface area contributed by atoms with Gasteiger partial charge in [-0.05, 0) is 86.2 Å². The lowest BCUT2D eigenvalue weighted by Crippen LogP contribution is -2.57. The van der Waals surface area contributed by atoms with Crippen LogP contribution in [0.25, 0.3) is 10.4 Å². The summed E-state index contributed by atoms with van der Waals surface area (Å²) >= 11 is 1.58. The van der Waals surface area contributed by atoms with Crippen molar-refractivity contribution in [1.29, 1.82) is 0 Å². The predicted molar refractivity (Wildman–Crippen MR) is 314 cm³/mol. The summed E-state index contributed by atoms with van der Waals surface area (Å²) in [6.07, 6.45) is 9.66. The van der Waals surface area contributed by atoms with Crippen LogP contribution in [-0.2, 0) is 30.5 Å². The maximum absolute atomic E-state index is 14.1. The average Bonchev–Trinajstić information content (AvgIpc) is 4.20. The Kier molecular flexibility index (Phi) is 19.5. The number of unbranched alkanes of at least 4 members (excludes halogenated alkanes) is 6. The van der Waals surface area contributed by atoms with E-state index >= 15 is 0 Å². The Bertz CT molecular complexity index is 2940. The number of methoxy groups -OCH3 is 1. The lowest BCUT2D eigenvalue weighted by molar-refractivity contribution is -0.144. The Hall–Kier alpha value is -7.22. The third-order valence-electron chi connectivity index (χ3n) is 15.1. The topological polar surface area (TPSA) is 213 Å². The summed E-state index contributed by atoms with van der Waals surface area (Å²) < 4.78 is 5.86. The quantitative estimate of drug-likeness (QED) is 0.0375. The molecule has 420 valence electrons. The number of guanidine groups is 1. The lowest BCUT2D eigenvalue weighted by Gasteiger charge is -2.36. The van der Waals surface area contributed by atoms with Gasteiger partial charge in [-0.3, -0.25) is 33.8 Å². The number of aliphatic hydroxyl groups excluding tert-OH is 1. The number of aromatic nitrogens is 1. The van der Waals surface area contributed by atoms with Crippen molar-refractivity contribution in [2.24, 2.45) is 21.3 Å². The third kappa shape index (κ3) is 14.9. The lowest BCUT2D eigenvalue weighted by atomic mass is 9.85. The fourth-order valence-corrected chi connectivity index (χ4v) is 11.4. The Morgan fingerprint density at radius 1 is 0.924 bits per heavy atom. The zero-order chi connectivity index (χ0) is 56.2. The molecular weight excluding hydrogens is 1020 g/mol. The first-order chi connectivity index (χ1) is 38.0. The van der Waals surface area contributed by atoms with Crippen molar-refractivity contribution < 1.29 is 33.8 Å². The van der Waals surface area contributed by atoms with E-state index < -0.39 is 23.6 Å². The minimum absolute atomic E-state index is 0.0346. The number of likely N-dealkylation sites (tertiary alicyclic amines) is 1. The smallest absolute Gasteiger partial charge is 0.256 e. The number of aliphatic imine (C=N–C) groups is 2. The number of hydrogen-bond acceptors (Lipinski definition) is 14. The van der Waals surface area contributed by atoms with E-state index in [1.54, 1.807) is 47.6 Å². The number of aliphatic hydroxyl groups is 1. The second-order valence-corrected chi connectivity index (χ2v) is 22.9. The van der Waals surface area contributed by atoms with E-state index in [0.717, 1.165) is 111 Å². The molecule has 3 aromatic carbocycles. The number of carbonyl (C=O) groups is 5. The van der Waals surface area contributed by atoms with Gasteiger partial charge in [-0.15, -0.1) is 11.3 Å². The van der Waals surface area contributed by atoms with Gasteiger partial charge in [-0.25, -0.2) is 9.98 Å². The SMILES string of the molecule is C=CC(=O)Nc1cccc(N2C(=O)C=C(C)C3CN=C(Nc4ccc(N5CCN(CCCCCCCCCC(=O)N[C@H](C(=O)N6C[C@H](O)C[C@H]6C(=O)NCc6ccc(-c7scnc7C)cc6)C(C)(C)C)CC5)cc4OC)N=C32)c1. The molecule has 4 aromatic rings. The number of hydrogen-bond donors (Lipinski definition) is 5. The van der Waals surface area contributed by atoms with E-state index in [-0.39, 0.29) is 55.0 Å². The van der Waals surface area contributed by atoms with E-state index in [0.29, 0.717) is 47.6 Å². The Balaban J connectivity index is 0.718. The van der Waals surface area contributed by atoms with E-state index in [1.807, 2.05) is 82.6 Å². The normalized spacial score (nSPS) is 18.9. The van der Waals surface area contributed by atoms with Crippen molar-refractivity contribution in [3.05, 3.63) is 108 Å². The van der Waals surface area contributed by atoms with Crippen LogP contribution in [0.5, 0.6) is 5.75 Å². The number of ether oxygens (including phenoxy) is 1. The molecule has 1 unspecified atom stereocenters. The maximum Gasteiger partial charge on any atom is 0.256 e. The second-order valence-electron chi connectivity index (χ2n) is 22.0. The zero-order valence-corrected chi connectivity index (χ0v) is 47.4. The molecule has 1 aromatic heterocycles. The molecule has 4 aliphatic rings. The minimum atomic E-state index is -0.848. The second kappa shape index (κ2) is 26.6. The van der Waals surface area contributed by atoms with Crippen LogP contribution >= 0.6 is 11.3 Å². The highest BCUT2D eigenvalue weighted by atomic mass is 32.1. The molecule has 5 N–H and O–H groups in total. The summed E-state index contributed by atoms with van der Waals surface area (Å²) in [6, 6.07) is 19.4. The average molecular weight is 1100 g/mol. The number of fused-ring (bicyclic) bond motifs is 1. The van der Waals surface area contributed by atoms with Gasteiger partial charge in [-0.1, -0.05) is 95.4 Å². The Morgan fingerprint density at radius 3 is 2.35 bits per heavy atom. The summed E-state index contributed by atoms with van der Waals surface area (Å²) in [6.45, 7) is 18.6. The molecule has 2 saturated heterocycles. The molecule has 4 atom stereocenters. The summed E-state index contributed by atoms with van der Waals surface area (Å²) in [7, 11) is 1.64. The number of amidine groups is 1. The summed E-state index contributed by atoms with van der Waals surface area (Å²) in [5.74, 6) is -0.0449. The van der Waals surface area contributed by atoms with E-state index in [2.05, 4.69) is 48.7 Å². The van der Waals surface area contributed by atoms with Gasteiger partial charge in [0.25, 0.3) is 5.91 Å².